The fourth-order valence-electron chi connectivity index (χ4n) is 2.28. The third-order valence-corrected chi connectivity index (χ3v) is 3.51. The van der Waals surface area contributed by atoms with Crippen LogP contribution in [-0.4, -0.2) is 40.9 Å². The van der Waals surface area contributed by atoms with Gasteiger partial charge in [-0.2, -0.15) is 0 Å². The van der Waals surface area contributed by atoms with Gasteiger partial charge in [0.15, 0.2) is 11.4 Å². The first-order valence-electron chi connectivity index (χ1n) is 8.62. The van der Waals surface area contributed by atoms with Crippen LogP contribution in [0.5, 0.6) is 0 Å². The molecular weight excluding hydrogens is 350 g/mol. The lowest BCUT2D eigenvalue weighted by molar-refractivity contribution is -0.0613. The zero-order valence-corrected chi connectivity index (χ0v) is 15.2. The van der Waals surface area contributed by atoms with E-state index in [1.807, 2.05) is 19.9 Å². The fraction of sp³-hybridized carbons (Fsp3) is 0.333. The van der Waals surface area contributed by atoms with E-state index in [1.54, 1.807) is 24.4 Å². The molecule has 0 aromatic carbocycles. The fourth-order valence-corrected chi connectivity index (χ4v) is 2.28. The van der Waals surface area contributed by atoms with Crippen molar-refractivity contribution >= 4 is 23.0 Å². The van der Waals surface area contributed by atoms with Gasteiger partial charge in [0.05, 0.1) is 6.20 Å². The van der Waals surface area contributed by atoms with Crippen LogP contribution in [0, 0.1) is 0 Å². The molecule has 0 atom stereocenters. The highest BCUT2D eigenvalue weighted by molar-refractivity contribution is 5.89. The van der Waals surface area contributed by atoms with Gasteiger partial charge in [-0.05, 0) is 38.1 Å². The maximum absolute atomic E-state index is 11.6. The van der Waals surface area contributed by atoms with Crippen LogP contribution < -0.4 is 10.6 Å². The van der Waals surface area contributed by atoms with Gasteiger partial charge in [0, 0.05) is 13.2 Å². The standard InChI is InChI=1S/C18H21N5O4/c1-3-19-18(24)23-16-8-6-13-17(22-16)21-14(9-20-13)15-7-5-12(27-15)10-26-11-25-4-2/h5-9H,3-4,10-11H2,1-2H3,(H2,19,21,22,23,24). The maximum Gasteiger partial charge on any atom is 0.320 e. The highest BCUT2D eigenvalue weighted by atomic mass is 16.7. The number of fused-ring (bicyclic) bond motifs is 1. The van der Waals surface area contributed by atoms with Crippen molar-refractivity contribution in [2.45, 2.75) is 20.5 Å². The largest absolute Gasteiger partial charge is 0.457 e. The first-order chi connectivity index (χ1) is 13.2. The van der Waals surface area contributed by atoms with Crippen LogP contribution in [0.1, 0.15) is 19.6 Å². The Balaban J connectivity index is 1.75. The van der Waals surface area contributed by atoms with Crippen molar-refractivity contribution in [2.75, 3.05) is 25.3 Å². The number of amides is 2. The first-order valence-corrected chi connectivity index (χ1v) is 8.62. The number of rotatable bonds is 8. The summed E-state index contributed by atoms with van der Waals surface area (Å²) >= 11 is 0. The number of ether oxygens (including phenoxy) is 2. The van der Waals surface area contributed by atoms with Crippen LogP contribution >= 0.6 is 0 Å². The summed E-state index contributed by atoms with van der Waals surface area (Å²) in [5.74, 6) is 1.61. The molecule has 0 bridgehead atoms. The Morgan fingerprint density at radius 3 is 2.85 bits per heavy atom. The minimum absolute atomic E-state index is 0.216. The lowest BCUT2D eigenvalue weighted by atomic mass is 10.3. The van der Waals surface area contributed by atoms with E-state index in [2.05, 4.69) is 25.6 Å². The molecule has 9 heteroatoms. The number of aromatic nitrogens is 3. The molecule has 0 saturated heterocycles. The Morgan fingerprint density at radius 2 is 2.04 bits per heavy atom. The van der Waals surface area contributed by atoms with E-state index in [-0.39, 0.29) is 12.8 Å². The first kappa shape index (κ1) is 18.7. The summed E-state index contributed by atoms with van der Waals surface area (Å²) < 4.78 is 16.2. The summed E-state index contributed by atoms with van der Waals surface area (Å²) in [6.07, 6.45) is 1.62. The average Bonchev–Trinajstić information content (AvgIpc) is 3.14. The van der Waals surface area contributed by atoms with Crippen LogP contribution in [0.25, 0.3) is 22.6 Å². The SMILES string of the molecule is CCNC(=O)Nc1ccc2ncc(-c3ccc(COCOCC)o3)nc2n1. The number of pyridine rings is 1. The molecule has 3 aromatic heterocycles. The number of nitrogens with zero attached hydrogens (tertiary/aromatic N) is 3. The third-order valence-electron chi connectivity index (χ3n) is 3.51. The van der Waals surface area contributed by atoms with E-state index in [9.17, 15) is 4.79 Å². The predicted octanol–water partition coefficient (Wildman–Crippen LogP) is 2.94. The number of hydrogen-bond donors (Lipinski definition) is 2. The number of carbonyl (C=O) groups excluding carboxylic acids is 1. The molecule has 0 unspecified atom stereocenters. The molecule has 2 amide bonds. The van der Waals surface area contributed by atoms with Crippen molar-refractivity contribution in [3.63, 3.8) is 0 Å². The molecule has 0 aliphatic carbocycles. The van der Waals surface area contributed by atoms with E-state index in [0.717, 1.165) is 0 Å². The van der Waals surface area contributed by atoms with Crippen LogP contribution in [0.2, 0.25) is 0 Å². The Labute approximate surface area is 156 Å². The topological polar surface area (TPSA) is 111 Å². The van der Waals surface area contributed by atoms with Crippen LogP contribution in [-0.2, 0) is 16.1 Å². The Kier molecular flexibility index (Phi) is 6.29. The molecule has 142 valence electrons. The van der Waals surface area contributed by atoms with Crippen LogP contribution in [0.4, 0.5) is 10.6 Å². The van der Waals surface area contributed by atoms with Gasteiger partial charge in [0.1, 0.15) is 36.2 Å². The van der Waals surface area contributed by atoms with Gasteiger partial charge in [-0.3, -0.25) is 10.3 Å². The van der Waals surface area contributed by atoms with Gasteiger partial charge in [0.25, 0.3) is 0 Å². The van der Waals surface area contributed by atoms with Crippen molar-refractivity contribution in [3.05, 3.63) is 36.2 Å². The molecule has 0 aliphatic rings. The summed E-state index contributed by atoms with van der Waals surface area (Å²) in [6.45, 7) is 5.38. The van der Waals surface area contributed by atoms with Crippen molar-refractivity contribution < 1.29 is 18.7 Å². The number of urea groups is 1. The van der Waals surface area contributed by atoms with E-state index in [0.29, 0.717) is 54.0 Å². The second kappa shape index (κ2) is 9.06. The maximum atomic E-state index is 11.6. The Hall–Kier alpha value is -3.04. The number of anilines is 1. The molecule has 27 heavy (non-hydrogen) atoms. The summed E-state index contributed by atoms with van der Waals surface area (Å²) in [7, 11) is 0. The normalized spacial score (nSPS) is 10.9. The molecule has 3 rings (SSSR count). The molecule has 0 radical (unpaired) electrons. The average molecular weight is 371 g/mol. The minimum atomic E-state index is -0.323. The Bertz CT molecular complexity index is 912. The molecule has 0 saturated carbocycles. The van der Waals surface area contributed by atoms with Crippen molar-refractivity contribution in [1.29, 1.82) is 0 Å². The van der Waals surface area contributed by atoms with Crippen molar-refractivity contribution in [2.24, 2.45) is 0 Å². The summed E-state index contributed by atoms with van der Waals surface area (Å²) in [6, 6.07) is 6.71. The summed E-state index contributed by atoms with van der Waals surface area (Å²) in [4.78, 5) is 24.8. The molecule has 0 fully saturated rings. The van der Waals surface area contributed by atoms with Gasteiger partial charge in [-0.1, -0.05) is 0 Å². The molecular formula is C18H21N5O4. The zero-order valence-electron chi connectivity index (χ0n) is 15.2. The second-order valence-corrected chi connectivity index (χ2v) is 5.50. The smallest absolute Gasteiger partial charge is 0.320 e. The predicted molar refractivity (Wildman–Crippen MR) is 99.0 cm³/mol. The van der Waals surface area contributed by atoms with Gasteiger partial charge in [-0.25, -0.2) is 14.8 Å². The van der Waals surface area contributed by atoms with Crippen molar-refractivity contribution in [1.82, 2.24) is 20.3 Å². The van der Waals surface area contributed by atoms with Gasteiger partial charge >= 0.3 is 6.03 Å². The van der Waals surface area contributed by atoms with Crippen LogP contribution in [0.15, 0.2) is 34.9 Å². The lowest BCUT2D eigenvalue weighted by Crippen LogP contribution is -2.28. The van der Waals surface area contributed by atoms with Crippen LogP contribution in [0.3, 0.4) is 0 Å². The molecule has 2 N–H and O–H groups in total. The van der Waals surface area contributed by atoms with Gasteiger partial charge in [-0.15, -0.1) is 0 Å². The monoisotopic (exact) mass is 371 g/mol. The second-order valence-electron chi connectivity index (χ2n) is 5.50. The van der Waals surface area contributed by atoms with Crippen molar-refractivity contribution in [3.8, 4) is 11.5 Å². The number of carbonyl (C=O) groups is 1. The van der Waals surface area contributed by atoms with Gasteiger partial charge in [0.2, 0.25) is 0 Å². The number of furan rings is 1. The number of nitrogens with one attached hydrogen (secondary N) is 2. The quantitative estimate of drug-likeness (QED) is 0.462. The molecule has 3 aromatic rings. The highest BCUT2D eigenvalue weighted by Crippen LogP contribution is 2.22. The Morgan fingerprint density at radius 1 is 1.15 bits per heavy atom. The van der Waals surface area contributed by atoms with E-state index in [4.69, 9.17) is 13.9 Å². The number of hydrogen-bond acceptors (Lipinski definition) is 7. The van der Waals surface area contributed by atoms with Gasteiger partial charge < -0.3 is 19.2 Å². The highest BCUT2D eigenvalue weighted by Gasteiger charge is 2.10. The lowest BCUT2D eigenvalue weighted by Gasteiger charge is -2.06. The minimum Gasteiger partial charge on any atom is -0.457 e. The van der Waals surface area contributed by atoms with E-state index in [1.165, 1.54) is 0 Å². The summed E-state index contributed by atoms with van der Waals surface area (Å²) in [5.41, 5.74) is 1.57. The molecule has 9 nitrogen and oxygen atoms in total. The molecule has 3 heterocycles. The zero-order chi connectivity index (χ0) is 19.1. The van der Waals surface area contributed by atoms with E-state index >= 15 is 0 Å². The molecule has 0 aliphatic heterocycles. The summed E-state index contributed by atoms with van der Waals surface area (Å²) in [5, 5.41) is 5.30. The third kappa shape index (κ3) is 4.99. The van der Waals surface area contributed by atoms with E-state index < -0.39 is 0 Å². The molecule has 0 spiro atoms.